The molecule has 4 heteroatoms. The van der Waals surface area contributed by atoms with Crippen LogP contribution in [0.1, 0.15) is 31.4 Å². The smallest absolute Gasteiger partial charge is 0.232 e. The van der Waals surface area contributed by atoms with Crippen molar-refractivity contribution in [3.05, 3.63) is 24.2 Å². The normalized spacial score (nSPS) is 16.3. The fourth-order valence-corrected chi connectivity index (χ4v) is 3.34. The third-order valence-electron chi connectivity index (χ3n) is 3.14. The molecule has 0 aromatic carbocycles. The highest BCUT2D eigenvalue weighted by molar-refractivity contribution is 8.00. The van der Waals surface area contributed by atoms with Gasteiger partial charge in [0.1, 0.15) is 5.76 Å². The minimum Gasteiger partial charge on any atom is -0.467 e. The summed E-state index contributed by atoms with van der Waals surface area (Å²) >= 11 is 1.81. The van der Waals surface area contributed by atoms with Gasteiger partial charge in [-0.1, -0.05) is 12.8 Å². The van der Waals surface area contributed by atoms with Gasteiger partial charge < -0.3 is 9.32 Å². The molecule has 0 bridgehead atoms. The topological polar surface area (TPSA) is 33.5 Å². The van der Waals surface area contributed by atoms with Crippen molar-refractivity contribution in [1.82, 2.24) is 4.90 Å². The number of hydrogen-bond acceptors (Lipinski definition) is 3. The first-order valence-corrected chi connectivity index (χ1v) is 7.18. The predicted molar refractivity (Wildman–Crippen MR) is 69.9 cm³/mol. The Morgan fingerprint density at radius 1 is 1.53 bits per heavy atom. The van der Waals surface area contributed by atoms with Gasteiger partial charge in [-0.25, -0.2) is 0 Å². The summed E-state index contributed by atoms with van der Waals surface area (Å²) in [7, 11) is 1.83. The average Bonchev–Trinajstić information content (AvgIpc) is 2.98. The van der Waals surface area contributed by atoms with E-state index in [1.165, 1.54) is 25.7 Å². The van der Waals surface area contributed by atoms with E-state index in [1.54, 1.807) is 11.2 Å². The van der Waals surface area contributed by atoms with Gasteiger partial charge in [-0.3, -0.25) is 4.79 Å². The number of amides is 1. The van der Waals surface area contributed by atoms with Crippen LogP contribution in [-0.2, 0) is 11.3 Å². The van der Waals surface area contributed by atoms with Gasteiger partial charge in [-0.05, 0) is 25.0 Å². The number of thioether (sulfide) groups is 1. The molecular weight excluding hydrogens is 234 g/mol. The van der Waals surface area contributed by atoms with Crippen LogP contribution in [0, 0.1) is 0 Å². The van der Waals surface area contributed by atoms with Gasteiger partial charge in [-0.2, -0.15) is 0 Å². The fourth-order valence-electron chi connectivity index (χ4n) is 2.08. The Labute approximate surface area is 107 Å². The number of rotatable bonds is 5. The Kier molecular flexibility index (Phi) is 4.54. The Bertz CT molecular complexity index is 344. The highest BCUT2D eigenvalue weighted by atomic mass is 32.2. The lowest BCUT2D eigenvalue weighted by Gasteiger charge is -2.16. The van der Waals surface area contributed by atoms with Crippen molar-refractivity contribution < 1.29 is 9.21 Å². The van der Waals surface area contributed by atoms with Crippen molar-refractivity contribution in [3.63, 3.8) is 0 Å². The van der Waals surface area contributed by atoms with Crippen LogP contribution < -0.4 is 0 Å². The fraction of sp³-hybridized carbons (Fsp3) is 0.615. The minimum atomic E-state index is 0.193. The summed E-state index contributed by atoms with van der Waals surface area (Å²) < 4.78 is 5.23. The molecule has 1 amide bonds. The summed E-state index contributed by atoms with van der Waals surface area (Å²) in [6, 6.07) is 3.74. The Morgan fingerprint density at radius 3 is 2.94 bits per heavy atom. The first-order valence-electron chi connectivity index (χ1n) is 6.13. The van der Waals surface area contributed by atoms with Gasteiger partial charge in [0.05, 0.1) is 18.6 Å². The number of carbonyl (C=O) groups excluding carboxylic acids is 1. The standard InChI is InChI=1S/C13H19NO2S/c1-14(9-11-5-4-8-16-11)13(15)10-17-12-6-2-3-7-12/h4-5,8,12H,2-3,6-7,9-10H2,1H3. The molecule has 1 heterocycles. The lowest BCUT2D eigenvalue weighted by molar-refractivity contribution is -0.127. The monoisotopic (exact) mass is 253 g/mol. The molecule has 1 saturated carbocycles. The minimum absolute atomic E-state index is 0.193. The zero-order valence-electron chi connectivity index (χ0n) is 10.2. The molecule has 1 aromatic rings. The van der Waals surface area contributed by atoms with E-state index >= 15 is 0 Å². The van der Waals surface area contributed by atoms with Gasteiger partial charge in [0.25, 0.3) is 0 Å². The van der Waals surface area contributed by atoms with E-state index in [9.17, 15) is 4.79 Å². The molecule has 17 heavy (non-hydrogen) atoms. The maximum Gasteiger partial charge on any atom is 0.232 e. The quantitative estimate of drug-likeness (QED) is 0.809. The van der Waals surface area contributed by atoms with Gasteiger partial charge >= 0.3 is 0 Å². The van der Waals surface area contributed by atoms with E-state index < -0.39 is 0 Å². The SMILES string of the molecule is CN(Cc1ccco1)C(=O)CSC1CCCC1. The molecule has 1 aromatic heterocycles. The molecule has 0 aliphatic heterocycles. The molecule has 1 aliphatic carbocycles. The molecule has 0 N–H and O–H groups in total. The molecular formula is C13H19NO2S. The number of nitrogens with zero attached hydrogens (tertiary/aromatic N) is 1. The van der Waals surface area contributed by atoms with Crippen LogP contribution in [0.5, 0.6) is 0 Å². The summed E-state index contributed by atoms with van der Waals surface area (Å²) in [6.45, 7) is 0.567. The van der Waals surface area contributed by atoms with Crippen molar-refractivity contribution in [2.45, 2.75) is 37.5 Å². The van der Waals surface area contributed by atoms with Crippen molar-refractivity contribution in [2.75, 3.05) is 12.8 Å². The molecule has 1 aliphatic rings. The van der Waals surface area contributed by atoms with Gasteiger partial charge in [0, 0.05) is 12.3 Å². The first kappa shape index (κ1) is 12.6. The van der Waals surface area contributed by atoms with Gasteiger partial charge in [0.15, 0.2) is 0 Å². The number of hydrogen-bond donors (Lipinski definition) is 0. The summed E-state index contributed by atoms with van der Waals surface area (Å²) in [4.78, 5) is 13.6. The zero-order chi connectivity index (χ0) is 12.1. The third kappa shape index (κ3) is 3.80. The van der Waals surface area contributed by atoms with Crippen LogP contribution in [-0.4, -0.2) is 28.9 Å². The summed E-state index contributed by atoms with van der Waals surface area (Å²) in [5, 5.41) is 0.705. The van der Waals surface area contributed by atoms with Crippen molar-refractivity contribution >= 4 is 17.7 Å². The molecule has 0 radical (unpaired) electrons. The third-order valence-corrected chi connectivity index (χ3v) is 4.50. The highest BCUT2D eigenvalue weighted by Crippen LogP contribution is 2.29. The van der Waals surface area contributed by atoms with Crippen molar-refractivity contribution in [3.8, 4) is 0 Å². The summed E-state index contributed by atoms with van der Waals surface area (Å²) in [6.07, 6.45) is 6.85. The van der Waals surface area contributed by atoms with Crippen molar-refractivity contribution in [1.29, 1.82) is 0 Å². The molecule has 0 atom stereocenters. The second-order valence-electron chi connectivity index (χ2n) is 4.55. The van der Waals surface area contributed by atoms with E-state index in [-0.39, 0.29) is 5.91 Å². The molecule has 1 fully saturated rings. The number of carbonyl (C=O) groups is 1. The lowest BCUT2D eigenvalue weighted by Crippen LogP contribution is -2.28. The Balaban J connectivity index is 1.71. The molecule has 0 unspecified atom stereocenters. The lowest BCUT2D eigenvalue weighted by atomic mass is 10.4. The van der Waals surface area contributed by atoms with Crippen LogP contribution in [0.25, 0.3) is 0 Å². The van der Waals surface area contributed by atoms with Gasteiger partial charge in [-0.15, -0.1) is 11.8 Å². The maximum atomic E-state index is 11.9. The molecule has 0 saturated heterocycles. The van der Waals surface area contributed by atoms with E-state index in [1.807, 2.05) is 30.9 Å². The van der Waals surface area contributed by atoms with Crippen LogP contribution in [0.3, 0.4) is 0 Å². The summed E-state index contributed by atoms with van der Waals surface area (Å²) in [5.41, 5.74) is 0. The summed E-state index contributed by atoms with van der Waals surface area (Å²) in [5.74, 6) is 1.63. The van der Waals surface area contributed by atoms with Crippen LogP contribution >= 0.6 is 11.8 Å². The Morgan fingerprint density at radius 2 is 2.29 bits per heavy atom. The van der Waals surface area contributed by atoms with E-state index in [0.717, 1.165) is 5.76 Å². The second kappa shape index (κ2) is 6.15. The van der Waals surface area contributed by atoms with E-state index in [4.69, 9.17) is 4.42 Å². The van der Waals surface area contributed by atoms with Crippen LogP contribution in [0.15, 0.2) is 22.8 Å². The molecule has 3 nitrogen and oxygen atoms in total. The van der Waals surface area contributed by atoms with Crippen LogP contribution in [0.2, 0.25) is 0 Å². The molecule has 0 spiro atoms. The van der Waals surface area contributed by atoms with Gasteiger partial charge in [0.2, 0.25) is 5.91 Å². The maximum absolute atomic E-state index is 11.9. The second-order valence-corrected chi connectivity index (χ2v) is 5.84. The predicted octanol–water partition coefficient (Wildman–Crippen LogP) is 2.91. The first-order chi connectivity index (χ1) is 8.25. The Hall–Kier alpha value is -0.900. The largest absolute Gasteiger partial charge is 0.467 e. The number of furan rings is 1. The van der Waals surface area contributed by atoms with Crippen molar-refractivity contribution in [2.24, 2.45) is 0 Å². The molecule has 94 valence electrons. The average molecular weight is 253 g/mol. The zero-order valence-corrected chi connectivity index (χ0v) is 11.0. The van der Waals surface area contributed by atoms with Crippen LogP contribution in [0.4, 0.5) is 0 Å². The van der Waals surface area contributed by atoms with E-state index in [2.05, 4.69) is 0 Å². The molecule has 2 rings (SSSR count). The highest BCUT2D eigenvalue weighted by Gasteiger charge is 2.18. The van der Waals surface area contributed by atoms with E-state index in [0.29, 0.717) is 17.5 Å².